The lowest BCUT2D eigenvalue weighted by atomic mass is 10.1. The van der Waals surface area contributed by atoms with Gasteiger partial charge in [-0.05, 0) is 22.4 Å². The average molecular weight is 252 g/mol. The number of carbonyl (C=O) groups is 1. The van der Waals surface area contributed by atoms with E-state index in [0.717, 1.165) is 10.5 Å². The first-order chi connectivity index (χ1) is 7.70. The van der Waals surface area contributed by atoms with Crippen molar-refractivity contribution in [1.29, 1.82) is 0 Å². The van der Waals surface area contributed by atoms with Crippen LogP contribution in [0.1, 0.15) is 5.56 Å². The summed E-state index contributed by atoms with van der Waals surface area (Å²) < 4.78 is 0. The molecule has 0 aliphatic carbocycles. The molecule has 0 spiro atoms. The highest BCUT2D eigenvalue weighted by molar-refractivity contribution is 7.80. The van der Waals surface area contributed by atoms with E-state index in [2.05, 4.69) is 12.6 Å². The Morgan fingerprint density at radius 3 is 2.25 bits per heavy atom. The third kappa shape index (κ3) is 5.00. The number of hydrogen-bond acceptors (Lipinski definition) is 3. The Kier molecular flexibility index (Phi) is 5.67. The molecule has 0 saturated carbocycles. The first-order valence-corrected chi connectivity index (χ1v) is 6.05. The van der Waals surface area contributed by atoms with Gasteiger partial charge in [-0.25, -0.2) is 0 Å². The van der Waals surface area contributed by atoms with Crippen LogP contribution in [0.15, 0.2) is 52.1 Å². The lowest BCUT2D eigenvalue weighted by Gasteiger charge is -1.99. The van der Waals surface area contributed by atoms with E-state index in [0.29, 0.717) is 0 Å². The number of benzene rings is 1. The van der Waals surface area contributed by atoms with Crippen LogP contribution in [0, 0.1) is 0 Å². The number of carboxylic acid groups (broad SMARTS) is 1. The molecule has 4 heteroatoms. The molecule has 0 aliphatic rings. The van der Waals surface area contributed by atoms with Gasteiger partial charge in [-0.3, -0.25) is 4.79 Å². The van der Waals surface area contributed by atoms with Gasteiger partial charge in [0.1, 0.15) is 0 Å². The SMILES string of the molecule is O=C(O)Cc1ccccc1S.c1ccsc1. The molecule has 84 valence electrons. The Morgan fingerprint density at radius 2 is 1.81 bits per heavy atom. The van der Waals surface area contributed by atoms with Gasteiger partial charge in [-0.15, -0.1) is 12.6 Å². The number of thiophene rings is 1. The van der Waals surface area contributed by atoms with Gasteiger partial charge in [0.25, 0.3) is 0 Å². The molecular weight excluding hydrogens is 240 g/mol. The third-order valence-electron chi connectivity index (χ3n) is 1.76. The Hall–Kier alpha value is -1.26. The van der Waals surface area contributed by atoms with E-state index in [1.165, 1.54) is 0 Å². The first kappa shape index (κ1) is 12.8. The molecule has 0 radical (unpaired) electrons. The van der Waals surface area contributed by atoms with Crippen molar-refractivity contribution >= 4 is 29.9 Å². The summed E-state index contributed by atoms with van der Waals surface area (Å²) in [6.45, 7) is 0. The van der Waals surface area contributed by atoms with E-state index in [4.69, 9.17) is 5.11 Å². The maximum Gasteiger partial charge on any atom is 0.307 e. The van der Waals surface area contributed by atoms with Crippen molar-refractivity contribution in [2.75, 3.05) is 0 Å². The molecule has 0 fully saturated rings. The van der Waals surface area contributed by atoms with Crippen molar-refractivity contribution in [3.8, 4) is 0 Å². The van der Waals surface area contributed by atoms with Gasteiger partial charge in [0.15, 0.2) is 0 Å². The van der Waals surface area contributed by atoms with E-state index in [1.807, 2.05) is 29.0 Å². The van der Waals surface area contributed by atoms with Crippen LogP contribution in [0.25, 0.3) is 0 Å². The monoisotopic (exact) mass is 252 g/mol. The molecular formula is C12H12O2S2. The number of rotatable bonds is 2. The highest BCUT2D eigenvalue weighted by atomic mass is 32.1. The summed E-state index contributed by atoms with van der Waals surface area (Å²) in [7, 11) is 0. The van der Waals surface area contributed by atoms with Crippen LogP contribution in [0.5, 0.6) is 0 Å². The van der Waals surface area contributed by atoms with Crippen LogP contribution in [0.3, 0.4) is 0 Å². The van der Waals surface area contributed by atoms with Crippen molar-refractivity contribution in [3.05, 3.63) is 52.7 Å². The molecule has 1 aromatic heterocycles. The molecule has 1 heterocycles. The largest absolute Gasteiger partial charge is 0.481 e. The minimum atomic E-state index is -0.827. The summed E-state index contributed by atoms with van der Waals surface area (Å²) >= 11 is 5.82. The van der Waals surface area contributed by atoms with Crippen LogP contribution in [0.4, 0.5) is 0 Å². The minimum absolute atomic E-state index is 0.0413. The van der Waals surface area contributed by atoms with Gasteiger partial charge in [0.2, 0.25) is 0 Å². The van der Waals surface area contributed by atoms with Gasteiger partial charge in [0, 0.05) is 4.90 Å². The van der Waals surface area contributed by atoms with E-state index in [-0.39, 0.29) is 6.42 Å². The van der Waals surface area contributed by atoms with Crippen LogP contribution >= 0.6 is 24.0 Å². The average Bonchev–Trinajstić information content (AvgIpc) is 2.79. The second kappa shape index (κ2) is 7.09. The van der Waals surface area contributed by atoms with Crippen LogP contribution in [-0.4, -0.2) is 11.1 Å². The predicted molar refractivity (Wildman–Crippen MR) is 69.4 cm³/mol. The van der Waals surface area contributed by atoms with Gasteiger partial charge in [0.05, 0.1) is 6.42 Å². The van der Waals surface area contributed by atoms with Crippen molar-refractivity contribution in [2.24, 2.45) is 0 Å². The van der Waals surface area contributed by atoms with Gasteiger partial charge < -0.3 is 5.11 Å². The third-order valence-corrected chi connectivity index (χ3v) is 2.82. The first-order valence-electron chi connectivity index (χ1n) is 4.66. The minimum Gasteiger partial charge on any atom is -0.481 e. The topological polar surface area (TPSA) is 37.3 Å². The predicted octanol–water partition coefficient (Wildman–Crippen LogP) is 3.35. The molecule has 16 heavy (non-hydrogen) atoms. The van der Waals surface area contributed by atoms with E-state index >= 15 is 0 Å². The highest BCUT2D eigenvalue weighted by Crippen LogP contribution is 2.12. The number of aliphatic carboxylic acids is 1. The van der Waals surface area contributed by atoms with E-state index in [1.54, 1.807) is 29.5 Å². The summed E-state index contributed by atoms with van der Waals surface area (Å²) in [5, 5.41) is 12.5. The lowest BCUT2D eigenvalue weighted by Crippen LogP contribution is -2.00. The molecule has 2 nitrogen and oxygen atoms in total. The summed E-state index contributed by atoms with van der Waals surface area (Å²) in [6.07, 6.45) is 0.0413. The number of carboxylic acids is 1. The van der Waals surface area contributed by atoms with Crippen molar-refractivity contribution < 1.29 is 9.90 Å². The summed E-state index contributed by atoms with van der Waals surface area (Å²) in [4.78, 5) is 11.0. The molecule has 0 unspecified atom stereocenters. The normalized spacial score (nSPS) is 9.06. The molecule has 2 rings (SSSR count). The fourth-order valence-electron chi connectivity index (χ4n) is 1.05. The fraction of sp³-hybridized carbons (Fsp3) is 0.0833. The number of hydrogen-bond donors (Lipinski definition) is 2. The molecule has 1 N–H and O–H groups in total. The quantitative estimate of drug-likeness (QED) is 0.804. The van der Waals surface area contributed by atoms with Crippen molar-refractivity contribution in [1.82, 2.24) is 0 Å². The Bertz CT molecular complexity index is 407. The number of thiol groups is 1. The molecule has 0 aliphatic heterocycles. The molecule has 0 atom stereocenters. The summed E-state index contributed by atoms with van der Waals surface area (Å²) in [5.41, 5.74) is 0.753. The molecule has 0 saturated heterocycles. The standard InChI is InChI=1S/C8H8O2S.C4H4S/c9-8(10)5-6-3-1-2-4-7(6)11;1-2-4-5-3-1/h1-4,11H,5H2,(H,9,10);1-4H. The second-order valence-electron chi connectivity index (χ2n) is 2.99. The zero-order valence-corrected chi connectivity index (χ0v) is 10.2. The van der Waals surface area contributed by atoms with Gasteiger partial charge >= 0.3 is 5.97 Å². The zero-order valence-electron chi connectivity index (χ0n) is 8.54. The zero-order chi connectivity index (χ0) is 11.8. The van der Waals surface area contributed by atoms with E-state index in [9.17, 15) is 4.79 Å². The maximum absolute atomic E-state index is 10.3. The van der Waals surface area contributed by atoms with Gasteiger partial charge in [-0.1, -0.05) is 30.3 Å². The van der Waals surface area contributed by atoms with Crippen LogP contribution in [0.2, 0.25) is 0 Å². The molecule has 1 aromatic carbocycles. The smallest absolute Gasteiger partial charge is 0.307 e. The van der Waals surface area contributed by atoms with E-state index < -0.39 is 5.97 Å². The lowest BCUT2D eigenvalue weighted by molar-refractivity contribution is -0.136. The highest BCUT2D eigenvalue weighted by Gasteiger charge is 2.01. The molecule has 0 bridgehead atoms. The molecule has 0 amide bonds. The fourth-order valence-corrected chi connectivity index (χ4v) is 1.74. The van der Waals surface area contributed by atoms with Crippen molar-refractivity contribution in [3.63, 3.8) is 0 Å². The Morgan fingerprint density at radius 1 is 1.19 bits per heavy atom. The van der Waals surface area contributed by atoms with Crippen LogP contribution < -0.4 is 0 Å². The maximum atomic E-state index is 10.3. The second-order valence-corrected chi connectivity index (χ2v) is 4.29. The van der Waals surface area contributed by atoms with Crippen LogP contribution in [-0.2, 0) is 11.2 Å². The Labute approximate surface area is 104 Å². The summed E-state index contributed by atoms with van der Waals surface area (Å²) in [5.74, 6) is -0.827. The van der Waals surface area contributed by atoms with Crippen molar-refractivity contribution in [2.45, 2.75) is 11.3 Å². The molecule has 2 aromatic rings. The Balaban J connectivity index is 0.000000212. The summed E-state index contributed by atoms with van der Waals surface area (Å²) in [6, 6.07) is 11.2. The van der Waals surface area contributed by atoms with Gasteiger partial charge in [-0.2, -0.15) is 11.3 Å².